The van der Waals surface area contributed by atoms with Crippen LogP contribution >= 0.6 is 11.3 Å². The lowest BCUT2D eigenvalue weighted by molar-refractivity contribution is 0.103. The molecule has 6 heteroatoms. The molecule has 2 rings (SSSR count). The van der Waals surface area contributed by atoms with E-state index in [9.17, 15) is 4.79 Å². The zero-order chi connectivity index (χ0) is 12.3. The molecule has 1 heterocycles. The molecule has 1 aromatic heterocycles. The van der Waals surface area contributed by atoms with Gasteiger partial charge in [0, 0.05) is 6.07 Å². The average Bonchev–Trinajstić information content (AvgIpc) is 2.85. The third kappa shape index (κ3) is 2.54. The van der Waals surface area contributed by atoms with E-state index in [1.807, 2.05) is 0 Å². The Hall–Kier alpha value is -2.08. The molecule has 1 amide bonds. The number of carbonyl (C=O) groups excluding carboxylic acids is 1. The van der Waals surface area contributed by atoms with Crippen molar-refractivity contribution in [1.29, 1.82) is 0 Å². The molecule has 0 fully saturated rings. The number of nitrogens with two attached hydrogens (primary N) is 1. The molecule has 0 unspecified atom stereocenters. The monoisotopic (exact) mass is 249 g/mol. The number of hydrogen-bond acceptors (Lipinski definition) is 5. The highest BCUT2D eigenvalue weighted by Gasteiger charge is 2.09. The summed E-state index contributed by atoms with van der Waals surface area (Å²) in [4.78, 5) is 16.1. The van der Waals surface area contributed by atoms with Crippen LogP contribution in [-0.4, -0.2) is 18.0 Å². The van der Waals surface area contributed by atoms with Gasteiger partial charge in [0.05, 0.1) is 30.2 Å². The minimum absolute atomic E-state index is 0.218. The quantitative estimate of drug-likeness (QED) is 0.815. The fourth-order valence-electron chi connectivity index (χ4n) is 1.29. The molecule has 17 heavy (non-hydrogen) atoms. The number of nitrogens with zero attached hydrogens (tertiary/aromatic N) is 1. The first-order valence-corrected chi connectivity index (χ1v) is 5.72. The topological polar surface area (TPSA) is 77.2 Å². The molecule has 0 saturated heterocycles. The summed E-state index contributed by atoms with van der Waals surface area (Å²) in [6.45, 7) is 0. The van der Waals surface area contributed by atoms with E-state index in [1.54, 1.807) is 30.8 Å². The van der Waals surface area contributed by atoms with Gasteiger partial charge in [0.15, 0.2) is 0 Å². The molecule has 0 spiro atoms. The lowest BCUT2D eigenvalue weighted by Crippen LogP contribution is -2.11. The largest absolute Gasteiger partial charge is 0.497 e. The summed E-state index contributed by atoms with van der Waals surface area (Å²) in [7, 11) is 1.56. The predicted molar refractivity (Wildman–Crippen MR) is 67.5 cm³/mol. The molecule has 0 aliphatic rings. The van der Waals surface area contributed by atoms with Crippen molar-refractivity contribution in [2.75, 3.05) is 18.2 Å². The first-order valence-electron chi connectivity index (χ1n) is 4.84. The van der Waals surface area contributed by atoms with Gasteiger partial charge in [0.25, 0.3) is 5.91 Å². The minimum atomic E-state index is -0.218. The molecule has 1 aromatic carbocycles. The van der Waals surface area contributed by atoms with Gasteiger partial charge in [-0.2, -0.15) is 0 Å². The first kappa shape index (κ1) is 11.4. The van der Waals surface area contributed by atoms with Crippen LogP contribution < -0.4 is 15.8 Å². The van der Waals surface area contributed by atoms with Crippen molar-refractivity contribution in [3.05, 3.63) is 34.8 Å². The van der Waals surface area contributed by atoms with Crippen LogP contribution in [0.2, 0.25) is 0 Å². The third-order valence-electron chi connectivity index (χ3n) is 2.16. The van der Waals surface area contributed by atoms with Crippen molar-refractivity contribution in [2.24, 2.45) is 0 Å². The fourth-order valence-corrected chi connectivity index (χ4v) is 1.81. The van der Waals surface area contributed by atoms with Gasteiger partial charge in [-0.05, 0) is 12.1 Å². The summed E-state index contributed by atoms with van der Waals surface area (Å²) in [5, 5.41) is 2.71. The van der Waals surface area contributed by atoms with Gasteiger partial charge in [0.2, 0.25) is 0 Å². The van der Waals surface area contributed by atoms with E-state index in [0.717, 1.165) is 0 Å². The molecule has 0 bridgehead atoms. The van der Waals surface area contributed by atoms with Crippen molar-refractivity contribution in [3.8, 4) is 5.75 Å². The van der Waals surface area contributed by atoms with Crippen molar-refractivity contribution in [1.82, 2.24) is 4.98 Å². The van der Waals surface area contributed by atoms with Crippen LogP contribution in [0.1, 0.15) is 9.67 Å². The average molecular weight is 249 g/mol. The van der Waals surface area contributed by atoms with Gasteiger partial charge in [-0.1, -0.05) is 0 Å². The number of aromatic nitrogens is 1. The molecular formula is C11H11N3O2S. The van der Waals surface area contributed by atoms with Gasteiger partial charge >= 0.3 is 0 Å². The van der Waals surface area contributed by atoms with E-state index in [1.165, 1.54) is 17.5 Å². The molecule has 0 atom stereocenters. The number of methoxy groups -OCH3 is 1. The first-order chi connectivity index (χ1) is 8.20. The number of ether oxygens (including phenoxy) is 1. The molecule has 0 aliphatic carbocycles. The number of nitrogens with one attached hydrogen (secondary N) is 1. The number of nitrogen functional groups attached to an aromatic ring is 1. The second-order valence-corrected chi connectivity index (χ2v) is 4.16. The molecule has 5 nitrogen and oxygen atoms in total. The van der Waals surface area contributed by atoms with Gasteiger partial charge in [-0.25, -0.2) is 0 Å². The number of thiazole rings is 1. The zero-order valence-corrected chi connectivity index (χ0v) is 9.95. The lowest BCUT2D eigenvalue weighted by atomic mass is 10.2. The molecule has 2 aromatic rings. The summed E-state index contributed by atoms with van der Waals surface area (Å²) in [5.41, 5.74) is 8.41. The summed E-state index contributed by atoms with van der Waals surface area (Å²) in [6, 6.07) is 5.09. The number of hydrogen-bond donors (Lipinski definition) is 2. The van der Waals surface area contributed by atoms with E-state index in [2.05, 4.69) is 10.3 Å². The maximum Gasteiger partial charge on any atom is 0.267 e. The fraction of sp³-hybridized carbons (Fsp3) is 0.0909. The Morgan fingerprint density at radius 1 is 1.53 bits per heavy atom. The van der Waals surface area contributed by atoms with Crippen molar-refractivity contribution in [3.63, 3.8) is 0 Å². The number of amides is 1. The maximum atomic E-state index is 11.8. The smallest absolute Gasteiger partial charge is 0.267 e. The van der Waals surface area contributed by atoms with E-state index in [0.29, 0.717) is 22.0 Å². The van der Waals surface area contributed by atoms with Gasteiger partial charge in [-0.15, -0.1) is 11.3 Å². The molecule has 88 valence electrons. The molecule has 0 saturated carbocycles. The van der Waals surface area contributed by atoms with Crippen LogP contribution in [0.4, 0.5) is 11.4 Å². The Labute approximate surface area is 102 Å². The Morgan fingerprint density at radius 3 is 2.94 bits per heavy atom. The number of benzene rings is 1. The van der Waals surface area contributed by atoms with Gasteiger partial charge < -0.3 is 15.8 Å². The van der Waals surface area contributed by atoms with Gasteiger partial charge in [0.1, 0.15) is 10.6 Å². The predicted octanol–water partition coefficient (Wildman–Crippen LogP) is 1.99. The van der Waals surface area contributed by atoms with Crippen molar-refractivity contribution < 1.29 is 9.53 Å². The highest BCUT2D eigenvalue weighted by molar-refractivity contribution is 7.11. The SMILES string of the molecule is COc1ccc(NC(=O)c2cncs2)c(N)c1. The third-order valence-corrected chi connectivity index (χ3v) is 2.93. The van der Waals surface area contributed by atoms with Crippen LogP contribution in [-0.2, 0) is 0 Å². The molecule has 0 aliphatic heterocycles. The maximum absolute atomic E-state index is 11.8. The molecule has 3 N–H and O–H groups in total. The minimum Gasteiger partial charge on any atom is -0.497 e. The lowest BCUT2D eigenvalue weighted by Gasteiger charge is -2.08. The van der Waals surface area contributed by atoms with Crippen LogP contribution in [0.25, 0.3) is 0 Å². The van der Waals surface area contributed by atoms with E-state index in [4.69, 9.17) is 10.5 Å². The number of rotatable bonds is 3. The Bertz CT molecular complexity index is 526. The number of anilines is 2. The Balaban J connectivity index is 2.16. The van der Waals surface area contributed by atoms with E-state index in [-0.39, 0.29) is 5.91 Å². The second-order valence-electron chi connectivity index (χ2n) is 3.27. The van der Waals surface area contributed by atoms with Crippen molar-refractivity contribution >= 4 is 28.6 Å². The Morgan fingerprint density at radius 2 is 2.35 bits per heavy atom. The zero-order valence-electron chi connectivity index (χ0n) is 9.14. The summed E-state index contributed by atoms with van der Waals surface area (Å²) in [5.74, 6) is 0.433. The highest BCUT2D eigenvalue weighted by atomic mass is 32.1. The standard InChI is InChI=1S/C11H11N3O2S/c1-16-7-2-3-9(8(12)4-7)14-11(15)10-5-13-6-17-10/h2-6H,12H2,1H3,(H,14,15). The van der Waals surface area contributed by atoms with E-state index >= 15 is 0 Å². The summed E-state index contributed by atoms with van der Waals surface area (Å²) in [6.07, 6.45) is 1.51. The second kappa shape index (κ2) is 4.84. The van der Waals surface area contributed by atoms with Gasteiger partial charge in [-0.3, -0.25) is 9.78 Å². The normalized spacial score (nSPS) is 9.94. The van der Waals surface area contributed by atoms with Crippen LogP contribution in [0.3, 0.4) is 0 Å². The molecule has 0 radical (unpaired) electrons. The van der Waals surface area contributed by atoms with Crippen LogP contribution in [0.15, 0.2) is 29.9 Å². The summed E-state index contributed by atoms with van der Waals surface area (Å²) < 4.78 is 5.03. The van der Waals surface area contributed by atoms with Crippen molar-refractivity contribution in [2.45, 2.75) is 0 Å². The van der Waals surface area contributed by atoms with Crippen LogP contribution in [0.5, 0.6) is 5.75 Å². The van der Waals surface area contributed by atoms with Crippen LogP contribution in [0, 0.1) is 0 Å². The summed E-state index contributed by atoms with van der Waals surface area (Å²) >= 11 is 1.28. The highest BCUT2D eigenvalue weighted by Crippen LogP contribution is 2.24. The number of carbonyl (C=O) groups is 1. The van der Waals surface area contributed by atoms with E-state index < -0.39 is 0 Å². The Kier molecular flexibility index (Phi) is 3.24. The molecular weight excluding hydrogens is 238 g/mol.